The van der Waals surface area contributed by atoms with Gasteiger partial charge in [-0.15, -0.1) is 11.8 Å². The quantitative estimate of drug-likeness (QED) is 0.676. The smallest absolute Gasteiger partial charge is 0.118 e. The van der Waals surface area contributed by atoms with E-state index in [2.05, 4.69) is 5.11 Å². The van der Waals surface area contributed by atoms with E-state index >= 15 is 0 Å². The van der Waals surface area contributed by atoms with Gasteiger partial charge in [0.05, 0.1) is 5.60 Å². The Morgan fingerprint density at radius 3 is 2.08 bits per heavy atom. The van der Waals surface area contributed by atoms with Gasteiger partial charge in [0.1, 0.15) is 5.37 Å². The highest BCUT2D eigenvalue weighted by molar-refractivity contribution is 7.99. The van der Waals surface area contributed by atoms with E-state index in [0.717, 1.165) is 0 Å². The standard InChI is InChI=1S/C9H20N2OS/c1-6(8(11-10)13-5)7(2)9(3,4)12/h6-8,10,12H,1-5H3/t6?,7-,8?/m1/s1. The highest BCUT2D eigenvalue weighted by atomic mass is 32.2. The summed E-state index contributed by atoms with van der Waals surface area (Å²) in [6.07, 6.45) is 1.94. The Bertz CT molecular complexity index is 167. The number of aliphatic hydroxyl groups is 1. The fourth-order valence-corrected chi connectivity index (χ4v) is 2.05. The third kappa shape index (κ3) is 3.65. The van der Waals surface area contributed by atoms with Gasteiger partial charge in [-0.2, -0.15) is 5.11 Å². The monoisotopic (exact) mass is 204 g/mol. The van der Waals surface area contributed by atoms with Crippen LogP contribution in [-0.2, 0) is 0 Å². The normalized spacial score (nSPS) is 19.2. The molecule has 0 spiro atoms. The number of nitrogens with zero attached hydrogens (tertiary/aromatic N) is 1. The summed E-state index contributed by atoms with van der Waals surface area (Å²) in [6.45, 7) is 7.63. The maximum Gasteiger partial charge on any atom is 0.118 e. The third-order valence-electron chi connectivity index (χ3n) is 2.72. The van der Waals surface area contributed by atoms with Crippen molar-refractivity contribution in [3.05, 3.63) is 0 Å². The Morgan fingerprint density at radius 1 is 1.38 bits per heavy atom. The molecular weight excluding hydrogens is 184 g/mol. The first-order valence-corrected chi connectivity index (χ1v) is 5.75. The van der Waals surface area contributed by atoms with Gasteiger partial charge < -0.3 is 5.11 Å². The molecule has 0 fully saturated rings. The number of hydrogen-bond acceptors (Lipinski definition) is 4. The van der Waals surface area contributed by atoms with E-state index in [9.17, 15) is 5.11 Å². The molecule has 13 heavy (non-hydrogen) atoms. The van der Waals surface area contributed by atoms with E-state index in [4.69, 9.17) is 5.53 Å². The van der Waals surface area contributed by atoms with Crippen molar-refractivity contribution in [3.8, 4) is 0 Å². The predicted octanol–water partition coefficient (Wildman–Crippen LogP) is 2.75. The predicted molar refractivity (Wildman–Crippen MR) is 57.1 cm³/mol. The minimum atomic E-state index is -0.696. The van der Waals surface area contributed by atoms with Gasteiger partial charge in [0, 0.05) is 0 Å². The molecule has 0 aliphatic carbocycles. The lowest BCUT2D eigenvalue weighted by Gasteiger charge is -2.33. The van der Waals surface area contributed by atoms with Gasteiger partial charge in [-0.25, -0.2) is 5.53 Å². The van der Waals surface area contributed by atoms with Crippen LogP contribution in [0.2, 0.25) is 0 Å². The molecule has 0 aromatic carbocycles. The molecule has 0 aliphatic heterocycles. The maximum atomic E-state index is 9.78. The molecular formula is C9H20N2OS. The van der Waals surface area contributed by atoms with E-state index in [1.165, 1.54) is 0 Å². The Morgan fingerprint density at radius 2 is 1.85 bits per heavy atom. The second kappa shape index (κ2) is 4.96. The van der Waals surface area contributed by atoms with Crippen molar-refractivity contribution >= 4 is 11.8 Å². The molecule has 3 nitrogen and oxygen atoms in total. The molecule has 78 valence electrons. The first kappa shape index (κ1) is 12.9. The topological polar surface area (TPSA) is 56.4 Å². The van der Waals surface area contributed by atoms with Gasteiger partial charge in [0.2, 0.25) is 0 Å². The maximum absolute atomic E-state index is 9.78. The minimum Gasteiger partial charge on any atom is -0.390 e. The summed E-state index contributed by atoms with van der Waals surface area (Å²) in [6, 6.07) is 0. The van der Waals surface area contributed by atoms with Crippen LogP contribution in [0.1, 0.15) is 27.7 Å². The third-order valence-corrected chi connectivity index (χ3v) is 3.74. The van der Waals surface area contributed by atoms with Crippen LogP contribution in [0.25, 0.3) is 0 Å². The summed E-state index contributed by atoms with van der Waals surface area (Å²) in [5.74, 6) is 0.353. The first-order valence-electron chi connectivity index (χ1n) is 4.46. The lowest BCUT2D eigenvalue weighted by Crippen LogP contribution is -2.36. The number of nitrogens with one attached hydrogen (secondary N) is 1. The number of hydrogen-bond donors (Lipinski definition) is 2. The van der Waals surface area contributed by atoms with Crippen molar-refractivity contribution in [2.24, 2.45) is 17.0 Å². The van der Waals surface area contributed by atoms with Crippen LogP contribution in [0.15, 0.2) is 5.11 Å². The Kier molecular flexibility index (Phi) is 4.92. The number of rotatable bonds is 5. The van der Waals surface area contributed by atoms with Crippen molar-refractivity contribution < 1.29 is 5.11 Å². The van der Waals surface area contributed by atoms with Crippen molar-refractivity contribution in [1.82, 2.24) is 0 Å². The van der Waals surface area contributed by atoms with Crippen LogP contribution >= 0.6 is 11.8 Å². The molecule has 2 N–H and O–H groups in total. The molecule has 0 bridgehead atoms. The Balaban J connectivity index is 4.39. The zero-order chi connectivity index (χ0) is 10.6. The molecule has 0 rings (SSSR count). The molecule has 0 amide bonds. The summed E-state index contributed by atoms with van der Waals surface area (Å²) >= 11 is 1.56. The summed E-state index contributed by atoms with van der Waals surface area (Å²) < 4.78 is 0. The summed E-state index contributed by atoms with van der Waals surface area (Å²) in [4.78, 5) is 0. The average molecular weight is 204 g/mol. The minimum absolute atomic E-state index is 0.0403. The molecule has 4 heteroatoms. The second-order valence-corrected chi connectivity index (χ2v) is 5.01. The van der Waals surface area contributed by atoms with Crippen molar-refractivity contribution in [2.45, 2.75) is 38.7 Å². The van der Waals surface area contributed by atoms with Gasteiger partial charge >= 0.3 is 0 Å². The Hall–Kier alpha value is -0.0900. The summed E-state index contributed by atoms with van der Waals surface area (Å²) in [5.41, 5.74) is 6.31. The molecule has 0 heterocycles. The zero-order valence-corrected chi connectivity index (χ0v) is 9.85. The average Bonchev–Trinajstić information content (AvgIpc) is 2.03. The van der Waals surface area contributed by atoms with E-state index < -0.39 is 5.60 Å². The summed E-state index contributed by atoms with van der Waals surface area (Å²) in [7, 11) is 0. The molecule has 0 aromatic heterocycles. The lowest BCUT2D eigenvalue weighted by molar-refractivity contribution is 0.00150. The highest BCUT2D eigenvalue weighted by Gasteiger charge is 2.31. The van der Waals surface area contributed by atoms with Crippen LogP contribution in [0, 0.1) is 17.4 Å². The largest absolute Gasteiger partial charge is 0.390 e. The second-order valence-electron chi connectivity index (χ2n) is 4.06. The van der Waals surface area contributed by atoms with E-state index in [1.54, 1.807) is 25.6 Å². The van der Waals surface area contributed by atoms with Crippen LogP contribution in [0.5, 0.6) is 0 Å². The first-order chi connectivity index (χ1) is 5.84. The van der Waals surface area contributed by atoms with Gasteiger partial charge in [-0.05, 0) is 31.9 Å². The molecule has 0 aliphatic rings. The van der Waals surface area contributed by atoms with Crippen LogP contribution in [0.3, 0.4) is 0 Å². The van der Waals surface area contributed by atoms with Crippen molar-refractivity contribution in [3.63, 3.8) is 0 Å². The van der Waals surface area contributed by atoms with Gasteiger partial charge in [0.25, 0.3) is 0 Å². The van der Waals surface area contributed by atoms with Gasteiger partial charge in [0.15, 0.2) is 0 Å². The molecule has 0 saturated heterocycles. The zero-order valence-electron chi connectivity index (χ0n) is 9.03. The van der Waals surface area contributed by atoms with Crippen LogP contribution < -0.4 is 0 Å². The van der Waals surface area contributed by atoms with E-state index in [1.807, 2.05) is 20.1 Å². The van der Waals surface area contributed by atoms with Crippen LogP contribution in [-0.4, -0.2) is 22.3 Å². The SMILES string of the molecule is CSC(N=N)C(C)[C@@H](C)C(C)(C)O. The lowest BCUT2D eigenvalue weighted by atomic mass is 9.82. The van der Waals surface area contributed by atoms with Gasteiger partial charge in [-0.3, -0.25) is 0 Å². The molecule has 3 atom stereocenters. The Labute approximate surface area is 84.8 Å². The summed E-state index contributed by atoms with van der Waals surface area (Å²) in [5, 5.41) is 13.3. The molecule has 0 radical (unpaired) electrons. The highest BCUT2D eigenvalue weighted by Crippen LogP contribution is 2.31. The van der Waals surface area contributed by atoms with E-state index in [-0.39, 0.29) is 17.2 Å². The van der Waals surface area contributed by atoms with Crippen molar-refractivity contribution in [1.29, 1.82) is 5.53 Å². The molecule has 0 saturated carbocycles. The molecule has 0 aromatic rings. The molecule has 2 unspecified atom stereocenters. The van der Waals surface area contributed by atoms with Gasteiger partial charge in [-0.1, -0.05) is 13.8 Å². The fourth-order valence-electron chi connectivity index (χ4n) is 1.28. The fraction of sp³-hybridized carbons (Fsp3) is 1.00. The van der Waals surface area contributed by atoms with Crippen LogP contribution in [0.4, 0.5) is 0 Å². The van der Waals surface area contributed by atoms with Crippen molar-refractivity contribution in [2.75, 3.05) is 6.26 Å². The van der Waals surface area contributed by atoms with E-state index in [0.29, 0.717) is 0 Å². The number of thioether (sulfide) groups is 1.